The summed E-state index contributed by atoms with van der Waals surface area (Å²) in [6.07, 6.45) is 52.3. The van der Waals surface area contributed by atoms with Crippen molar-refractivity contribution in [1.29, 1.82) is 0 Å². The third kappa shape index (κ3) is 45.0. The number of nitrogens with one attached hydrogen (secondary N) is 1. The molecule has 0 bridgehead atoms. The Hall–Kier alpha value is -1.02. The van der Waals surface area contributed by atoms with Gasteiger partial charge in [0.15, 0.2) is 0 Å². The topological polar surface area (TPSA) is 108 Å². The zero-order valence-electron chi connectivity index (χ0n) is 40.4. The molecule has 0 aromatic rings. The van der Waals surface area contributed by atoms with Crippen LogP contribution >= 0.6 is 7.82 Å². The van der Waals surface area contributed by atoms with Crippen molar-refractivity contribution in [1.82, 2.24) is 5.32 Å². The summed E-state index contributed by atoms with van der Waals surface area (Å²) in [5.41, 5.74) is 0. The van der Waals surface area contributed by atoms with Crippen LogP contribution in [0, 0.1) is 0 Å². The van der Waals surface area contributed by atoms with Crippen LogP contribution in [0.25, 0.3) is 0 Å². The van der Waals surface area contributed by atoms with Gasteiger partial charge in [-0.15, -0.1) is 0 Å². The van der Waals surface area contributed by atoms with Crippen molar-refractivity contribution in [2.75, 3.05) is 40.9 Å². The summed E-state index contributed by atoms with van der Waals surface area (Å²) in [5.74, 6) is -0.200. The number of aliphatic hydroxyl groups is 1. The van der Waals surface area contributed by atoms with Gasteiger partial charge >= 0.3 is 0 Å². The highest BCUT2D eigenvalue weighted by atomic mass is 31.2. The zero-order chi connectivity index (χ0) is 44.3. The summed E-state index contributed by atoms with van der Waals surface area (Å²) in [6, 6.07) is -0.886. The molecule has 0 rings (SSSR count). The molecule has 0 aliphatic rings. The number of allylic oxidation sites excluding steroid dienone is 3. The van der Waals surface area contributed by atoms with Gasteiger partial charge in [0, 0.05) is 6.42 Å². The number of hydrogen-bond donors (Lipinski definition) is 2. The van der Waals surface area contributed by atoms with Gasteiger partial charge in [-0.05, 0) is 44.9 Å². The summed E-state index contributed by atoms with van der Waals surface area (Å²) in [5, 5.41) is 13.8. The SMILES string of the molecule is CCCCCCCCCCCCCC/C=C\CCCCCCCCCC(=O)NC(COP(=O)([O-])OCC[N+](C)(C)C)C(O)/C=C/CCCCCCCCCCCCCCC. The van der Waals surface area contributed by atoms with Gasteiger partial charge in [0.25, 0.3) is 7.82 Å². The van der Waals surface area contributed by atoms with E-state index >= 15 is 0 Å². The predicted molar refractivity (Wildman–Crippen MR) is 256 cm³/mol. The second-order valence-electron chi connectivity index (χ2n) is 18.9. The van der Waals surface area contributed by atoms with Gasteiger partial charge in [-0.25, -0.2) is 0 Å². The van der Waals surface area contributed by atoms with Crippen LogP contribution in [0.1, 0.15) is 245 Å². The third-order valence-corrected chi connectivity index (χ3v) is 12.6. The second-order valence-corrected chi connectivity index (χ2v) is 20.3. The highest BCUT2D eigenvalue weighted by Crippen LogP contribution is 2.38. The lowest BCUT2D eigenvalue weighted by Crippen LogP contribution is -2.45. The number of rotatable bonds is 47. The van der Waals surface area contributed by atoms with Crippen molar-refractivity contribution >= 4 is 13.7 Å². The predicted octanol–water partition coefficient (Wildman–Crippen LogP) is 14.2. The molecule has 0 fully saturated rings. The number of hydrogen-bond acceptors (Lipinski definition) is 6. The second kappa shape index (κ2) is 43.2. The number of amides is 1. The lowest BCUT2D eigenvalue weighted by atomic mass is 10.0. The van der Waals surface area contributed by atoms with Crippen LogP contribution < -0.4 is 10.2 Å². The maximum Gasteiger partial charge on any atom is 0.268 e. The number of unbranched alkanes of at least 4 members (excludes halogenated alkanes) is 32. The van der Waals surface area contributed by atoms with E-state index in [1.165, 1.54) is 186 Å². The average molecular weight is 869 g/mol. The number of nitrogens with zero attached hydrogens (tertiary/aromatic N) is 1. The van der Waals surface area contributed by atoms with E-state index in [2.05, 4.69) is 31.3 Å². The molecule has 0 aliphatic carbocycles. The monoisotopic (exact) mass is 869 g/mol. The lowest BCUT2D eigenvalue weighted by molar-refractivity contribution is -0.870. The summed E-state index contributed by atoms with van der Waals surface area (Å²) in [6.45, 7) is 4.67. The van der Waals surface area contributed by atoms with Crippen LogP contribution in [0.5, 0.6) is 0 Å². The van der Waals surface area contributed by atoms with E-state index in [1.807, 2.05) is 27.2 Å². The minimum absolute atomic E-state index is 0.000525. The molecular formula is C51H101N2O6P. The molecule has 0 saturated heterocycles. The molecule has 0 saturated carbocycles. The van der Waals surface area contributed by atoms with E-state index in [1.54, 1.807) is 6.08 Å². The van der Waals surface area contributed by atoms with Crippen molar-refractivity contribution in [2.24, 2.45) is 0 Å². The Morgan fingerprint density at radius 2 is 0.917 bits per heavy atom. The smallest absolute Gasteiger partial charge is 0.268 e. The first-order valence-corrected chi connectivity index (χ1v) is 27.2. The van der Waals surface area contributed by atoms with E-state index in [-0.39, 0.29) is 19.1 Å². The minimum Gasteiger partial charge on any atom is -0.756 e. The number of aliphatic hydroxyl groups excluding tert-OH is 1. The van der Waals surface area contributed by atoms with Crippen LogP contribution in [0.15, 0.2) is 24.3 Å². The Kier molecular flexibility index (Phi) is 42.5. The fraction of sp³-hybridized carbons (Fsp3) is 0.902. The number of phosphoric acid groups is 1. The molecule has 356 valence electrons. The summed E-state index contributed by atoms with van der Waals surface area (Å²) in [4.78, 5) is 25.4. The Labute approximate surface area is 373 Å². The first-order valence-electron chi connectivity index (χ1n) is 25.7. The van der Waals surface area contributed by atoms with E-state index < -0.39 is 20.0 Å². The maximum atomic E-state index is 12.9. The Morgan fingerprint density at radius 1 is 0.567 bits per heavy atom. The molecule has 0 radical (unpaired) electrons. The van der Waals surface area contributed by atoms with Gasteiger partial charge in [-0.2, -0.15) is 0 Å². The Bertz CT molecular complexity index is 1030. The summed E-state index contributed by atoms with van der Waals surface area (Å²) >= 11 is 0. The van der Waals surface area contributed by atoms with Gasteiger partial charge in [0.1, 0.15) is 13.2 Å². The molecule has 0 aliphatic heterocycles. The standard InChI is InChI=1S/C51H101N2O6P/c1-6-8-10-12-14-16-18-20-22-23-24-25-26-27-28-29-31-33-35-37-39-41-43-45-51(55)52-49(48-59-60(56,57)58-47-46-53(3,4)5)50(54)44-42-40-38-36-34-32-30-21-19-17-15-13-11-9-7-2/h27-28,42,44,49-50,54H,6-26,29-41,43,45-48H2,1-5H3,(H-,52,55,56,57)/b28-27-,44-42+. The van der Waals surface area contributed by atoms with Crippen LogP contribution in [-0.4, -0.2) is 68.5 Å². The van der Waals surface area contributed by atoms with Crippen LogP contribution in [-0.2, 0) is 18.4 Å². The van der Waals surface area contributed by atoms with Gasteiger partial charge in [0.2, 0.25) is 5.91 Å². The molecule has 9 heteroatoms. The quantitative estimate of drug-likeness (QED) is 0.0273. The Morgan fingerprint density at radius 3 is 1.30 bits per heavy atom. The highest BCUT2D eigenvalue weighted by Gasteiger charge is 2.23. The maximum absolute atomic E-state index is 12.9. The number of carbonyl (C=O) groups is 1. The number of phosphoric ester groups is 1. The van der Waals surface area contributed by atoms with Crippen molar-refractivity contribution in [2.45, 2.75) is 257 Å². The molecule has 2 N–H and O–H groups in total. The average Bonchev–Trinajstić information content (AvgIpc) is 3.20. The third-order valence-electron chi connectivity index (χ3n) is 11.7. The molecule has 0 aromatic carbocycles. The largest absolute Gasteiger partial charge is 0.756 e. The highest BCUT2D eigenvalue weighted by molar-refractivity contribution is 7.45. The molecular weight excluding hydrogens is 768 g/mol. The molecule has 3 unspecified atom stereocenters. The molecule has 0 heterocycles. The first-order chi connectivity index (χ1) is 29.0. The van der Waals surface area contributed by atoms with Gasteiger partial charge in [-0.1, -0.05) is 218 Å². The molecule has 1 amide bonds. The zero-order valence-corrected chi connectivity index (χ0v) is 41.3. The molecule has 0 spiro atoms. The Balaban J connectivity index is 4.26. The fourth-order valence-electron chi connectivity index (χ4n) is 7.56. The molecule has 0 aromatic heterocycles. The van der Waals surface area contributed by atoms with Gasteiger partial charge < -0.3 is 28.8 Å². The van der Waals surface area contributed by atoms with Crippen molar-refractivity contribution in [3.05, 3.63) is 24.3 Å². The van der Waals surface area contributed by atoms with Gasteiger partial charge in [-0.3, -0.25) is 9.36 Å². The number of carbonyl (C=O) groups excluding carboxylic acids is 1. The van der Waals surface area contributed by atoms with E-state index in [9.17, 15) is 19.4 Å². The molecule has 60 heavy (non-hydrogen) atoms. The number of likely N-dealkylation sites (N-methyl/N-ethyl adjacent to an activating group) is 1. The fourth-order valence-corrected chi connectivity index (χ4v) is 8.28. The normalized spacial score (nSPS) is 14.3. The summed E-state index contributed by atoms with van der Waals surface area (Å²) < 4.78 is 23.3. The van der Waals surface area contributed by atoms with Crippen molar-refractivity contribution < 1.29 is 32.9 Å². The van der Waals surface area contributed by atoms with Crippen LogP contribution in [0.4, 0.5) is 0 Å². The van der Waals surface area contributed by atoms with E-state index in [0.29, 0.717) is 17.4 Å². The lowest BCUT2D eigenvalue weighted by Gasteiger charge is -2.29. The molecule has 8 nitrogen and oxygen atoms in total. The minimum atomic E-state index is -4.59. The van der Waals surface area contributed by atoms with Crippen molar-refractivity contribution in [3.63, 3.8) is 0 Å². The van der Waals surface area contributed by atoms with Crippen LogP contribution in [0.2, 0.25) is 0 Å². The van der Waals surface area contributed by atoms with Crippen molar-refractivity contribution in [3.8, 4) is 0 Å². The molecule has 3 atom stereocenters. The number of quaternary nitrogens is 1. The van der Waals surface area contributed by atoms with E-state index in [4.69, 9.17) is 9.05 Å². The summed E-state index contributed by atoms with van der Waals surface area (Å²) in [7, 11) is 1.26. The van der Waals surface area contributed by atoms with E-state index in [0.717, 1.165) is 38.5 Å². The van der Waals surface area contributed by atoms with Crippen LogP contribution in [0.3, 0.4) is 0 Å². The first kappa shape index (κ1) is 59.0. The van der Waals surface area contributed by atoms with Gasteiger partial charge in [0.05, 0.1) is 39.9 Å².